The molecule has 3 nitrogen and oxygen atoms in total. The highest BCUT2D eigenvalue weighted by Gasteiger charge is 2.10. The lowest BCUT2D eigenvalue weighted by Gasteiger charge is -2.13. The summed E-state index contributed by atoms with van der Waals surface area (Å²) in [5, 5.41) is 2.85. The average molecular weight is 351 g/mol. The van der Waals surface area contributed by atoms with Gasteiger partial charge in [0.15, 0.2) is 0 Å². The predicted octanol–water partition coefficient (Wildman–Crippen LogP) is 2.98. The number of ether oxygens (including phenoxy) is 1. The van der Waals surface area contributed by atoms with Crippen LogP contribution >= 0.6 is 31.9 Å². The minimum Gasteiger partial charge on any atom is -0.383 e. The lowest BCUT2D eigenvalue weighted by molar-refractivity contribution is 0.0905. The molecule has 0 saturated carbocycles. The maximum Gasteiger partial charge on any atom is 0.251 e. The third-order valence-corrected chi connectivity index (χ3v) is 2.83. The molecule has 16 heavy (non-hydrogen) atoms. The molecular formula is C11H13Br2NO2. The van der Waals surface area contributed by atoms with Crippen molar-refractivity contribution in [3.63, 3.8) is 0 Å². The van der Waals surface area contributed by atoms with Crippen LogP contribution in [-0.2, 0) is 4.74 Å². The van der Waals surface area contributed by atoms with Crippen LogP contribution in [0.25, 0.3) is 0 Å². The van der Waals surface area contributed by atoms with Crippen LogP contribution in [-0.4, -0.2) is 25.7 Å². The number of halogens is 2. The van der Waals surface area contributed by atoms with E-state index in [2.05, 4.69) is 37.2 Å². The highest BCUT2D eigenvalue weighted by Crippen LogP contribution is 2.20. The Balaban J connectivity index is 2.72. The van der Waals surface area contributed by atoms with E-state index in [1.165, 1.54) is 0 Å². The van der Waals surface area contributed by atoms with Gasteiger partial charge in [0, 0.05) is 27.7 Å². The zero-order valence-electron chi connectivity index (χ0n) is 9.09. The topological polar surface area (TPSA) is 38.3 Å². The molecule has 0 saturated heterocycles. The maximum absolute atomic E-state index is 11.8. The van der Waals surface area contributed by atoms with Gasteiger partial charge in [-0.3, -0.25) is 4.79 Å². The molecule has 1 unspecified atom stereocenters. The van der Waals surface area contributed by atoms with Crippen molar-refractivity contribution in [3.8, 4) is 0 Å². The van der Waals surface area contributed by atoms with Gasteiger partial charge in [0.1, 0.15) is 0 Å². The Labute approximate surface area is 112 Å². The third kappa shape index (κ3) is 4.23. The van der Waals surface area contributed by atoms with Crippen molar-refractivity contribution < 1.29 is 9.53 Å². The summed E-state index contributed by atoms with van der Waals surface area (Å²) in [6, 6.07) is 5.43. The minimum absolute atomic E-state index is 0.00439. The van der Waals surface area contributed by atoms with Gasteiger partial charge in [0.2, 0.25) is 0 Å². The lowest BCUT2D eigenvalue weighted by Crippen LogP contribution is -2.35. The van der Waals surface area contributed by atoms with Crippen LogP contribution in [0.2, 0.25) is 0 Å². The fourth-order valence-corrected chi connectivity index (χ4v) is 2.58. The summed E-state index contributed by atoms with van der Waals surface area (Å²) < 4.78 is 6.69. The number of hydrogen-bond donors (Lipinski definition) is 1. The summed E-state index contributed by atoms with van der Waals surface area (Å²) in [6.07, 6.45) is 0. The van der Waals surface area contributed by atoms with Crippen molar-refractivity contribution in [2.45, 2.75) is 13.0 Å². The Morgan fingerprint density at radius 1 is 1.38 bits per heavy atom. The van der Waals surface area contributed by atoms with Crippen LogP contribution in [0, 0.1) is 0 Å². The second kappa shape index (κ2) is 6.37. The Morgan fingerprint density at radius 3 is 2.44 bits per heavy atom. The summed E-state index contributed by atoms with van der Waals surface area (Å²) >= 11 is 6.69. The number of hydrogen-bond acceptors (Lipinski definition) is 2. The summed E-state index contributed by atoms with van der Waals surface area (Å²) in [4.78, 5) is 11.8. The SMILES string of the molecule is COCC(C)NC(=O)c1cc(Br)cc(Br)c1. The Hall–Kier alpha value is -0.390. The number of amides is 1. The van der Waals surface area contributed by atoms with Gasteiger partial charge in [-0.2, -0.15) is 0 Å². The Bertz CT molecular complexity index is 362. The zero-order valence-corrected chi connectivity index (χ0v) is 12.3. The number of carbonyl (C=O) groups is 1. The van der Waals surface area contributed by atoms with E-state index in [0.29, 0.717) is 12.2 Å². The molecule has 1 aromatic rings. The molecule has 0 fully saturated rings. The van der Waals surface area contributed by atoms with E-state index in [0.717, 1.165) is 8.95 Å². The minimum atomic E-state index is -0.105. The molecule has 88 valence electrons. The molecule has 1 N–H and O–H groups in total. The third-order valence-electron chi connectivity index (χ3n) is 1.92. The van der Waals surface area contributed by atoms with Crippen LogP contribution < -0.4 is 5.32 Å². The van der Waals surface area contributed by atoms with Crippen molar-refractivity contribution in [2.75, 3.05) is 13.7 Å². The van der Waals surface area contributed by atoms with Crippen LogP contribution in [0.3, 0.4) is 0 Å². The van der Waals surface area contributed by atoms with Crippen molar-refractivity contribution in [3.05, 3.63) is 32.7 Å². The molecule has 0 aliphatic carbocycles. The number of nitrogens with one attached hydrogen (secondary N) is 1. The summed E-state index contributed by atoms with van der Waals surface area (Å²) in [6.45, 7) is 2.40. The van der Waals surface area contributed by atoms with Gasteiger partial charge in [-0.1, -0.05) is 31.9 Å². The lowest BCUT2D eigenvalue weighted by atomic mass is 10.2. The second-order valence-electron chi connectivity index (χ2n) is 3.49. The van der Waals surface area contributed by atoms with Gasteiger partial charge in [-0.25, -0.2) is 0 Å². The number of methoxy groups -OCH3 is 1. The van der Waals surface area contributed by atoms with Gasteiger partial charge in [-0.05, 0) is 25.1 Å². The van der Waals surface area contributed by atoms with Gasteiger partial charge in [0.05, 0.1) is 6.61 Å². The zero-order chi connectivity index (χ0) is 12.1. The molecular weight excluding hydrogens is 338 g/mol. The molecule has 5 heteroatoms. The van der Waals surface area contributed by atoms with E-state index < -0.39 is 0 Å². The molecule has 0 spiro atoms. The first-order valence-corrected chi connectivity index (χ1v) is 6.37. The van der Waals surface area contributed by atoms with Crippen molar-refractivity contribution in [1.82, 2.24) is 5.32 Å². The van der Waals surface area contributed by atoms with Crippen molar-refractivity contribution in [2.24, 2.45) is 0 Å². The fraction of sp³-hybridized carbons (Fsp3) is 0.364. The van der Waals surface area contributed by atoms with Gasteiger partial charge in [0.25, 0.3) is 5.91 Å². The van der Waals surface area contributed by atoms with Gasteiger partial charge in [-0.15, -0.1) is 0 Å². The first kappa shape index (κ1) is 13.7. The monoisotopic (exact) mass is 349 g/mol. The summed E-state index contributed by atoms with van der Waals surface area (Å²) in [7, 11) is 1.61. The molecule has 1 rings (SSSR count). The van der Waals surface area contributed by atoms with E-state index in [9.17, 15) is 4.79 Å². The Kier molecular flexibility index (Phi) is 5.44. The highest BCUT2D eigenvalue weighted by atomic mass is 79.9. The Morgan fingerprint density at radius 2 is 1.94 bits per heavy atom. The smallest absolute Gasteiger partial charge is 0.251 e. The molecule has 0 bridgehead atoms. The number of carbonyl (C=O) groups excluding carboxylic acids is 1. The molecule has 0 aliphatic rings. The molecule has 1 atom stereocenters. The summed E-state index contributed by atoms with van der Waals surface area (Å²) in [5.74, 6) is -0.105. The van der Waals surface area contributed by atoms with E-state index in [4.69, 9.17) is 4.74 Å². The maximum atomic E-state index is 11.8. The molecule has 1 aromatic carbocycles. The van der Waals surface area contributed by atoms with E-state index in [1.807, 2.05) is 13.0 Å². The van der Waals surface area contributed by atoms with E-state index in [1.54, 1.807) is 19.2 Å². The van der Waals surface area contributed by atoms with E-state index in [-0.39, 0.29) is 11.9 Å². The molecule has 0 aromatic heterocycles. The second-order valence-corrected chi connectivity index (χ2v) is 5.32. The fourth-order valence-electron chi connectivity index (χ4n) is 1.28. The van der Waals surface area contributed by atoms with Crippen molar-refractivity contribution >= 4 is 37.8 Å². The van der Waals surface area contributed by atoms with Gasteiger partial charge < -0.3 is 10.1 Å². The van der Waals surface area contributed by atoms with Crippen molar-refractivity contribution in [1.29, 1.82) is 0 Å². The largest absolute Gasteiger partial charge is 0.383 e. The van der Waals surface area contributed by atoms with Gasteiger partial charge >= 0.3 is 0 Å². The molecule has 1 amide bonds. The molecule has 0 radical (unpaired) electrons. The van der Waals surface area contributed by atoms with Crippen LogP contribution in [0.4, 0.5) is 0 Å². The number of benzene rings is 1. The molecule has 0 aliphatic heterocycles. The summed E-state index contributed by atoms with van der Waals surface area (Å²) in [5.41, 5.74) is 0.615. The average Bonchev–Trinajstić information content (AvgIpc) is 2.16. The van der Waals surface area contributed by atoms with Crippen LogP contribution in [0.1, 0.15) is 17.3 Å². The number of rotatable bonds is 4. The highest BCUT2D eigenvalue weighted by molar-refractivity contribution is 9.11. The standard InChI is InChI=1S/C11H13Br2NO2/c1-7(6-16-2)14-11(15)8-3-9(12)5-10(13)4-8/h3-5,7H,6H2,1-2H3,(H,14,15). The van der Waals surface area contributed by atoms with E-state index >= 15 is 0 Å². The first-order chi connectivity index (χ1) is 7.52. The van der Waals surface area contributed by atoms with Crippen LogP contribution in [0.5, 0.6) is 0 Å². The normalized spacial score (nSPS) is 12.2. The molecule has 0 heterocycles. The predicted molar refractivity (Wildman–Crippen MR) is 70.6 cm³/mol. The van der Waals surface area contributed by atoms with Crippen LogP contribution in [0.15, 0.2) is 27.1 Å². The quantitative estimate of drug-likeness (QED) is 0.906. The first-order valence-electron chi connectivity index (χ1n) is 4.79.